The summed E-state index contributed by atoms with van der Waals surface area (Å²) in [5.74, 6) is 2.29. The Bertz CT molecular complexity index is 871. The number of rotatable bonds is 5. The van der Waals surface area contributed by atoms with E-state index in [-0.39, 0.29) is 22.9 Å². The van der Waals surface area contributed by atoms with Crippen LogP contribution in [0, 0.1) is 28.6 Å². The molecule has 0 amide bonds. The molecule has 0 radical (unpaired) electrons. The molecule has 7 atom stereocenters. The van der Waals surface area contributed by atoms with E-state index in [1.54, 1.807) is 0 Å². The van der Waals surface area contributed by atoms with Gasteiger partial charge in [-0.1, -0.05) is 19.1 Å². The summed E-state index contributed by atoms with van der Waals surface area (Å²) in [6, 6.07) is 0. The fourth-order valence-electron chi connectivity index (χ4n) is 8.49. The number of carbonyl (C=O) groups excluding carboxylic acids is 2. The van der Waals surface area contributed by atoms with Gasteiger partial charge in [-0.3, -0.25) is 4.79 Å². The van der Waals surface area contributed by atoms with Gasteiger partial charge in [0.1, 0.15) is 18.0 Å². The van der Waals surface area contributed by atoms with Crippen molar-refractivity contribution in [2.75, 3.05) is 0 Å². The van der Waals surface area contributed by atoms with Crippen LogP contribution in [0.3, 0.4) is 0 Å². The first-order valence-corrected chi connectivity index (χ1v) is 12.7. The lowest BCUT2D eigenvalue weighted by Crippen LogP contribution is -2.56. The number of fused-ring (bicyclic) bond motifs is 5. The highest BCUT2D eigenvalue weighted by Crippen LogP contribution is 2.68. The number of esters is 1. The SMILES string of the molecule is C=CC1(OC(C)=O)CC[C@H]2[C@@H]3CCC4=CC(OC5=CCCC5)CC[C@]4(C=O)[C@@H]3CC[C@@]21C. The number of ether oxygens (including phenoxy) is 2. The van der Waals surface area contributed by atoms with Crippen molar-refractivity contribution in [3.8, 4) is 0 Å². The molecule has 0 saturated heterocycles. The first kappa shape index (κ1) is 22.0. The van der Waals surface area contributed by atoms with E-state index in [0.717, 1.165) is 70.0 Å². The molecule has 4 nitrogen and oxygen atoms in total. The molecule has 0 heterocycles. The number of aldehydes is 1. The first-order valence-electron chi connectivity index (χ1n) is 12.7. The molecule has 0 spiro atoms. The van der Waals surface area contributed by atoms with E-state index in [9.17, 15) is 9.59 Å². The third kappa shape index (κ3) is 3.08. The van der Waals surface area contributed by atoms with Gasteiger partial charge in [0.05, 0.1) is 11.2 Å². The lowest BCUT2D eigenvalue weighted by atomic mass is 9.46. The standard InChI is InChI=1S/C28H38O4/c1-4-28(32-19(2)30)16-13-24-23-10-9-20-17-22(31-21-7-5-6-8-21)11-15-27(20,18-29)25(23)12-14-26(24,28)3/h4,7,17-18,22-25H,1,5-6,8-16H2,2-3H3/t22?,23-,24-,25+,26-,27+,28?/m0/s1. The summed E-state index contributed by atoms with van der Waals surface area (Å²) in [7, 11) is 0. The molecule has 5 aliphatic rings. The van der Waals surface area contributed by atoms with Crippen LogP contribution >= 0.6 is 0 Å². The fourth-order valence-corrected chi connectivity index (χ4v) is 8.49. The average Bonchev–Trinajstić information content (AvgIpc) is 3.39. The van der Waals surface area contributed by atoms with Crippen molar-refractivity contribution >= 4 is 12.3 Å². The Labute approximate surface area is 192 Å². The molecule has 0 aromatic carbocycles. The maximum atomic E-state index is 12.7. The maximum absolute atomic E-state index is 12.7. The minimum atomic E-state index is -0.570. The van der Waals surface area contributed by atoms with E-state index in [1.807, 2.05) is 6.08 Å². The van der Waals surface area contributed by atoms with Crippen molar-refractivity contribution in [2.45, 2.75) is 96.2 Å². The van der Waals surface area contributed by atoms with Crippen molar-refractivity contribution < 1.29 is 19.1 Å². The molecule has 0 N–H and O–H groups in total. The van der Waals surface area contributed by atoms with Crippen LogP contribution in [0.2, 0.25) is 0 Å². The monoisotopic (exact) mass is 438 g/mol. The molecule has 0 bridgehead atoms. The van der Waals surface area contributed by atoms with Crippen LogP contribution in [0.15, 0.2) is 36.1 Å². The van der Waals surface area contributed by atoms with Crippen LogP contribution in [-0.2, 0) is 19.1 Å². The molecular formula is C28H38O4. The Hall–Kier alpha value is -1.84. The topological polar surface area (TPSA) is 52.6 Å². The van der Waals surface area contributed by atoms with Crippen molar-refractivity contribution in [3.63, 3.8) is 0 Å². The predicted octanol–water partition coefficient (Wildman–Crippen LogP) is 6.07. The fraction of sp³-hybridized carbons (Fsp3) is 0.714. The molecule has 0 aromatic heterocycles. The molecular weight excluding hydrogens is 400 g/mol. The van der Waals surface area contributed by atoms with E-state index in [1.165, 1.54) is 25.2 Å². The van der Waals surface area contributed by atoms with Gasteiger partial charge in [0.25, 0.3) is 0 Å². The lowest BCUT2D eigenvalue weighted by Gasteiger charge is -2.58. The summed E-state index contributed by atoms with van der Waals surface area (Å²) in [5, 5.41) is 0. The van der Waals surface area contributed by atoms with Crippen LogP contribution in [0.4, 0.5) is 0 Å². The van der Waals surface area contributed by atoms with Crippen molar-refractivity contribution in [1.29, 1.82) is 0 Å². The van der Waals surface area contributed by atoms with E-state index >= 15 is 0 Å². The van der Waals surface area contributed by atoms with Crippen LogP contribution in [0.5, 0.6) is 0 Å². The molecule has 32 heavy (non-hydrogen) atoms. The number of allylic oxidation sites excluding steroid dienone is 3. The molecule has 3 fully saturated rings. The maximum Gasteiger partial charge on any atom is 0.303 e. The summed E-state index contributed by atoms with van der Waals surface area (Å²) in [6.45, 7) is 7.91. The van der Waals surface area contributed by atoms with Gasteiger partial charge in [-0.15, -0.1) is 0 Å². The normalized spacial score (nSPS) is 44.9. The van der Waals surface area contributed by atoms with E-state index < -0.39 is 5.60 Å². The van der Waals surface area contributed by atoms with Gasteiger partial charge in [0.15, 0.2) is 0 Å². The van der Waals surface area contributed by atoms with Gasteiger partial charge in [0, 0.05) is 18.8 Å². The second-order valence-corrected chi connectivity index (χ2v) is 11.2. The molecule has 4 heteroatoms. The second-order valence-electron chi connectivity index (χ2n) is 11.2. The smallest absolute Gasteiger partial charge is 0.303 e. The van der Waals surface area contributed by atoms with Crippen LogP contribution in [0.1, 0.15) is 84.5 Å². The van der Waals surface area contributed by atoms with Gasteiger partial charge in [0.2, 0.25) is 0 Å². The van der Waals surface area contributed by atoms with Crippen molar-refractivity contribution in [1.82, 2.24) is 0 Å². The van der Waals surface area contributed by atoms with E-state index in [4.69, 9.17) is 9.47 Å². The van der Waals surface area contributed by atoms with Gasteiger partial charge in [-0.05, 0) is 100 Å². The Morgan fingerprint density at radius 2 is 1.94 bits per heavy atom. The Morgan fingerprint density at radius 1 is 1.12 bits per heavy atom. The third-order valence-corrected chi connectivity index (χ3v) is 10.0. The molecule has 0 aromatic rings. The largest absolute Gasteiger partial charge is 0.491 e. The predicted molar refractivity (Wildman–Crippen MR) is 124 cm³/mol. The highest BCUT2D eigenvalue weighted by Gasteiger charge is 2.65. The number of carbonyl (C=O) groups is 2. The highest BCUT2D eigenvalue weighted by molar-refractivity contribution is 5.68. The molecule has 3 saturated carbocycles. The minimum absolute atomic E-state index is 0.0951. The zero-order valence-electron chi connectivity index (χ0n) is 19.7. The van der Waals surface area contributed by atoms with Crippen LogP contribution in [0.25, 0.3) is 0 Å². The summed E-state index contributed by atoms with van der Waals surface area (Å²) >= 11 is 0. The number of hydrogen-bond acceptors (Lipinski definition) is 4. The van der Waals surface area contributed by atoms with Crippen LogP contribution in [-0.4, -0.2) is 24.0 Å². The third-order valence-electron chi connectivity index (χ3n) is 10.0. The average molecular weight is 439 g/mol. The van der Waals surface area contributed by atoms with Crippen LogP contribution < -0.4 is 0 Å². The Balaban J connectivity index is 1.42. The summed E-state index contributed by atoms with van der Waals surface area (Å²) < 4.78 is 12.3. The molecule has 174 valence electrons. The van der Waals surface area contributed by atoms with Gasteiger partial charge < -0.3 is 14.3 Å². The second kappa shape index (κ2) is 7.88. The van der Waals surface area contributed by atoms with E-state index in [0.29, 0.717) is 17.8 Å². The summed E-state index contributed by atoms with van der Waals surface area (Å²) in [4.78, 5) is 24.7. The highest BCUT2D eigenvalue weighted by atomic mass is 16.6. The molecule has 5 rings (SSSR count). The first-order chi connectivity index (χ1) is 15.4. The lowest BCUT2D eigenvalue weighted by molar-refractivity contribution is -0.171. The van der Waals surface area contributed by atoms with Crippen molar-refractivity contribution in [3.05, 3.63) is 36.1 Å². The molecule has 2 unspecified atom stereocenters. The zero-order valence-corrected chi connectivity index (χ0v) is 19.7. The van der Waals surface area contributed by atoms with E-state index in [2.05, 4.69) is 25.7 Å². The van der Waals surface area contributed by atoms with Gasteiger partial charge in [-0.2, -0.15) is 0 Å². The molecule has 0 aliphatic heterocycles. The Morgan fingerprint density at radius 3 is 2.62 bits per heavy atom. The number of hydrogen-bond donors (Lipinski definition) is 0. The van der Waals surface area contributed by atoms with Gasteiger partial charge in [-0.25, -0.2) is 0 Å². The van der Waals surface area contributed by atoms with Gasteiger partial charge >= 0.3 is 5.97 Å². The minimum Gasteiger partial charge on any atom is -0.491 e. The van der Waals surface area contributed by atoms with Crippen molar-refractivity contribution in [2.24, 2.45) is 28.6 Å². The zero-order chi connectivity index (χ0) is 22.6. The Kier molecular flexibility index (Phi) is 5.41. The molecule has 5 aliphatic carbocycles. The summed E-state index contributed by atoms with van der Waals surface area (Å²) in [5.41, 5.74) is 0.344. The quantitative estimate of drug-likeness (QED) is 0.297. The summed E-state index contributed by atoms with van der Waals surface area (Å²) in [6.07, 6.45) is 19.1.